The number of nitrogens with two attached hydrogens (primary N) is 1. The van der Waals surface area contributed by atoms with E-state index in [2.05, 4.69) is 37.5 Å². The van der Waals surface area contributed by atoms with E-state index in [0.717, 1.165) is 25.1 Å². The van der Waals surface area contributed by atoms with E-state index in [1.807, 2.05) is 0 Å². The number of rotatable bonds is 7. The van der Waals surface area contributed by atoms with Crippen molar-refractivity contribution in [2.24, 2.45) is 21.6 Å². The van der Waals surface area contributed by atoms with Gasteiger partial charge in [-0.2, -0.15) is 4.98 Å². The maximum atomic E-state index is 14.5. The lowest BCUT2D eigenvalue weighted by molar-refractivity contribution is 0.127. The normalized spacial score (nSPS) is 23.6. The second-order valence-corrected chi connectivity index (χ2v) is 8.92. The Bertz CT molecular complexity index is 1020. The maximum absolute atomic E-state index is 14.5. The van der Waals surface area contributed by atoms with E-state index in [1.54, 1.807) is 12.1 Å². The monoisotopic (exact) mass is 469 g/mol. The molecule has 1 saturated carbocycles. The molecule has 182 valence electrons. The van der Waals surface area contributed by atoms with Crippen LogP contribution in [0.2, 0.25) is 0 Å². The summed E-state index contributed by atoms with van der Waals surface area (Å²) in [6, 6.07) is 5.46. The second kappa shape index (κ2) is 11.2. The predicted octanol–water partition coefficient (Wildman–Crippen LogP) is 4.09. The summed E-state index contributed by atoms with van der Waals surface area (Å²) in [5, 5.41) is 6.53. The van der Waals surface area contributed by atoms with Gasteiger partial charge in [-0.25, -0.2) is 19.4 Å². The second-order valence-electron chi connectivity index (χ2n) is 8.92. The lowest BCUT2D eigenvalue weighted by atomic mass is 10.0. The van der Waals surface area contributed by atoms with Crippen molar-refractivity contribution in [3.63, 3.8) is 0 Å². The van der Waals surface area contributed by atoms with Gasteiger partial charge in [-0.3, -0.25) is 0 Å². The standard InChI is InChI=1S/C20H24FN7O2.C4H8/c1-29-18-19(28-17-5-4-12(8-16(17)21)24-10-23-9-22)25-11-26-20(18)30-15-6-13-2-3-14(7-15)27-13;1-4-2-3-4/h4-5,8-11,13-15,27H,2-3,6-7H2,1H3,(H2,22,23,24)(H,25,26,28);4H,2-3H2,1H3. The molecule has 10 heteroatoms. The molecule has 4 N–H and O–H groups in total. The molecule has 2 bridgehead atoms. The lowest BCUT2D eigenvalue weighted by Crippen LogP contribution is -2.42. The molecule has 1 aromatic heterocycles. The van der Waals surface area contributed by atoms with Crippen LogP contribution in [0.4, 0.5) is 21.6 Å². The van der Waals surface area contributed by atoms with Crippen LogP contribution in [0.25, 0.3) is 0 Å². The number of nitrogens with one attached hydrogen (secondary N) is 2. The van der Waals surface area contributed by atoms with Crippen molar-refractivity contribution < 1.29 is 13.9 Å². The summed E-state index contributed by atoms with van der Waals surface area (Å²) in [4.78, 5) is 16.1. The van der Waals surface area contributed by atoms with Gasteiger partial charge in [0, 0.05) is 18.2 Å². The number of aliphatic imine (C=N–C) groups is 2. The van der Waals surface area contributed by atoms with Crippen LogP contribution in [-0.2, 0) is 0 Å². The molecule has 3 heterocycles. The summed E-state index contributed by atoms with van der Waals surface area (Å²) >= 11 is 0. The molecular weight excluding hydrogens is 437 g/mol. The van der Waals surface area contributed by atoms with Crippen LogP contribution in [0.3, 0.4) is 0 Å². The largest absolute Gasteiger partial charge is 0.489 e. The molecular formula is C24H32FN7O2. The van der Waals surface area contributed by atoms with Crippen LogP contribution in [0, 0.1) is 11.7 Å². The van der Waals surface area contributed by atoms with E-state index in [9.17, 15) is 4.39 Å². The van der Waals surface area contributed by atoms with Crippen LogP contribution in [-0.4, -0.2) is 47.9 Å². The molecule has 34 heavy (non-hydrogen) atoms. The van der Waals surface area contributed by atoms with Crippen molar-refractivity contribution in [3.8, 4) is 11.6 Å². The number of anilines is 2. The van der Waals surface area contributed by atoms with Gasteiger partial charge in [0.05, 0.1) is 24.8 Å². The maximum Gasteiger partial charge on any atom is 0.262 e. The van der Waals surface area contributed by atoms with Crippen molar-refractivity contribution in [2.45, 2.75) is 63.6 Å². The van der Waals surface area contributed by atoms with Gasteiger partial charge in [-0.15, -0.1) is 0 Å². The fourth-order valence-corrected chi connectivity index (χ4v) is 4.09. The average molecular weight is 470 g/mol. The fraction of sp³-hybridized carbons (Fsp3) is 0.500. The highest BCUT2D eigenvalue weighted by molar-refractivity contribution is 5.73. The molecule has 2 unspecified atom stereocenters. The topological polar surface area (TPSA) is 119 Å². The molecule has 3 fully saturated rings. The van der Waals surface area contributed by atoms with Crippen molar-refractivity contribution in [1.29, 1.82) is 0 Å². The minimum Gasteiger partial charge on any atom is -0.489 e. The first-order valence-corrected chi connectivity index (χ1v) is 11.7. The van der Waals surface area contributed by atoms with Crippen LogP contribution in [0.5, 0.6) is 11.6 Å². The number of halogens is 1. The first kappa shape index (κ1) is 23.9. The fourth-order valence-electron chi connectivity index (χ4n) is 4.09. The van der Waals surface area contributed by atoms with Gasteiger partial charge in [-0.05, 0) is 43.7 Å². The molecule has 0 spiro atoms. The van der Waals surface area contributed by atoms with Gasteiger partial charge in [0.1, 0.15) is 24.6 Å². The summed E-state index contributed by atoms with van der Waals surface area (Å²) in [6.07, 6.45) is 11.0. The number of aromatic nitrogens is 2. The smallest absolute Gasteiger partial charge is 0.262 e. The Morgan fingerprint density at radius 1 is 1.18 bits per heavy atom. The Balaban J connectivity index is 0.000000620. The third-order valence-corrected chi connectivity index (χ3v) is 6.11. The van der Waals surface area contributed by atoms with Gasteiger partial charge in [0.2, 0.25) is 5.75 Å². The molecule has 1 aromatic carbocycles. The molecule has 5 rings (SSSR count). The molecule has 0 amide bonds. The van der Waals surface area contributed by atoms with Gasteiger partial charge in [-0.1, -0.05) is 19.8 Å². The van der Waals surface area contributed by atoms with E-state index < -0.39 is 5.82 Å². The number of hydrogen-bond donors (Lipinski definition) is 3. The highest BCUT2D eigenvalue weighted by Crippen LogP contribution is 2.37. The molecule has 2 atom stereocenters. The van der Waals surface area contributed by atoms with E-state index in [4.69, 9.17) is 15.2 Å². The molecule has 2 aliphatic heterocycles. The van der Waals surface area contributed by atoms with Crippen molar-refractivity contribution in [3.05, 3.63) is 30.3 Å². The highest BCUT2D eigenvalue weighted by Gasteiger charge is 2.35. The molecule has 3 aliphatic rings. The predicted molar refractivity (Wildman–Crippen MR) is 131 cm³/mol. The quantitative estimate of drug-likeness (QED) is 0.413. The summed E-state index contributed by atoms with van der Waals surface area (Å²) in [5.41, 5.74) is 5.77. The first-order chi connectivity index (χ1) is 16.6. The molecule has 2 saturated heterocycles. The minimum absolute atomic E-state index is 0.0606. The van der Waals surface area contributed by atoms with E-state index in [-0.39, 0.29) is 11.8 Å². The van der Waals surface area contributed by atoms with E-state index >= 15 is 0 Å². The zero-order valence-corrected chi connectivity index (χ0v) is 19.6. The lowest BCUT2D eigenvalue weighted by Gasteiger charge is -2.29. The zero-order valence-electron chi connectivity index (χ0n) is 19.6. The molecule has 2 aromatic rings. The van der Waals surface area contributed by atoms with E-state index in [0.29, 0.717) is 35.2 Å². The first-order valence-electron chi connectivity index (χ1n) is 11.7. The highest BCUT2D eigenvalue weighted by atomic mass is 19.1. The summed E-state index contributed by atoms with van der Waals surface area (Å²) in [7, 11) is 1.51. The third kappa shape index (κ3) is 6.40. The molecule has 1 aliphatic carbocycles. The van der Waals surface area contributed by atoms with Crippen LogP contribution < -0.4 is 25.8 Å². The number of nitrogens with zero attached hydrogens (tertiary/aromatic N) is 4. The van der Waals surface area contributed by atoms with Crippen molar-refractivity contribution >= 4 is 29.9 Å². The minimum atomic E-state index is -0.501. The van der Waals surface area contributed by atoms with Gasteiger partial charge in [0.25, 0.3) is 5.88 Å². The Hall–Kier alpha value is -3.27. The summed E-state index contributed by atoms with van der Waals surface area (Å²) < 4.78 is 26.2. The Labute approximate surface area is 199 Å². The van der Waals surface area contributed by atoms with E-state index in [1.165, 1.54) is 51.5 Å². The van der Waals surface area contributed by atoms with Gasteiger partial charge < -0.3 is 25.8 Å². The van der Waals surface area contributed by atoms with Crippen LogP contribution in [0.15, 0.2) is 34.5 Å². The van der Waals surface area contributed by atoms with Gasteiger partial charge in [0.15, 0.2) is 5.82 Å². The zero-order chi connectivity index (χ0) is 23.9. The number of hydrogen-bond acceptors (Lipinski definition) is 7. The summed E-state index contributed by atoms with van der Waals surface area (Å²) in [5.74, 6) is 1.59. The number of methoxy groups -OCH3 is 1. The SMILES string of the molecule is CC1CC1.COc1c(Nc2ccc(N=CN=CN)cc2F)ncnc1OC1CC2CCC(C1)N2. The number of ether oxygens (including phenoxy) is 2. The Morgan fingerprint density at radius 2 is 1.91 bits per heavy atom. The number of fused-ring (bicyclic) bond motifs is 2. The Morgan fingerprint density at radius 3 is 2.53 bits per heavy atom. The third-order valence-electron chi connectivity index (χ3n) is 6.11. The summed E-state index contributed by atoms with van der Waals surface area (Å²) in [6.45, 7) is 2.28. The van der Waals surface area contributed by atoms with Gasteiger partial charge >= 0.3 is 0 Å². The van der Waals surface area contributed by atoms with Crippen LogP contribution in [0.1, 0.15) is 45.4 Å². The average Bonchev–Trinajstić information content (AvgIpc) is 3.54. The molecule has 0 radical (unpaired) electrons. The van der Waals surface area contributed by atoms with Crippen molar-refractivity contribution in [2.75, 3.05) is 12.4 Å². The number of benzene rings is 1. The van der Waals surface area contributed by atoms with Crippen LogP contribution >= 0.6 is 0 Å². The number of piperidine rings is 1. The Kier molecular flexibility index (Phi) is 7.89. The van der Waals surface area contributed by atoms with Crippen molar-refractivity contribution in [1.82, 2.24) is 15.3 Å². The molecule has 9 nitrogen and oxygen atoms in total.